The molecule has 2 rings (SSSR count). The van der Waals surface area contributed by atoms with Crippen LogP contribution in [0.1, 0.15) is 23.4 Å². The minimum Gasteiger partial charge on any atom is -0.435 e. The summed E-state index contributed by atoms with van der Waals surface area (Å²) in [5.74, 6) is 0.171. The maximum absolute atomic E-state index is 12.1. The molecule has 108 valence electrons. The predicted molar refractivity (Wildman–Crippen MR) is 80.6 cm³/mol. The first kappa shape index (κ1) is 15.4. The molecule has 0 spiro atoms. The van der Waals surface area contributed by atoms with E-state index in [1.807, 2.05) is 18.4 Å². The van der Waals surface area contributed by atoms with Gasteiger partial charge in [-0.2, -0.15) is 8.78 Å². The molecule has 2 aromatic rings. The van der Waals surface area contributed by atoms with Crippen LogP contribution in [0.25, 0.3) is 0 Å². The molecule has 6 heteroatoms. The van der Waals surface area contributed by atoms with Gasteiger partial charge in [-0.15, -0.1) is 11.3 Å². The molecule has 2 nitrogen and oxygen atoms in total. The van der Waals surface area contributed by atoms with Crippen molar-refractivity contribution in [1.82, 2.24) is 5.32 Å². The number of rotatable bonds is 6. The molecule has 0 fully saturated rings. The molecule has 1 heterocycles. The van der Waals surface area contributed by atoms with Crippen molar-refractivity contribution in [3.05, 3.63) is 50.6 Å². The molecule has 1 aromatic carbocycles. The first-order chi connectivity index (χ1) is 9.61. The predicted octanol–water partition coefficient (Wildman–Crippen LogP) is 4.81. The van der Waals surface area contributed by atoms with Crippen LogP contribution in [-0.4, -0.2) is 13.2 Å². The summed E-state index contributed by atoms with van der Waals surface area (Å²) in [4.78, 5) is 1.16. The van der Waals surface area contributed by atoms with Gasteiger partial charge in [-0.25, -0.2) is 0 Å². The largest absolute Gasteiger partial charge is 0.435 e. The number of thiophene rings is 1. The molecule has 0 saturated heterocycles. The Morgan fingerprint density at radius 1 is 1.25 bits per heavy atom. The summed E-state index contributed by atoms with van der Waals surface area (Å²) in [6, 6.07) is 8.77. The zero-order valence-corrected chi connectivity index (χ0v) is 13.2. The summed E-state index contributed by atoms with van der Waals surface area (Å²) in [7, 11) is 0. The van der Waals surface area contributed by atoms with Crippen molar-refractivity contribution in [3.63, 3.8) is 0 Å². The number of halogens is 3. The molecule has 0 radical (unpaired) electrons. The Kier molecular flexibility index (Phi) is 5.51. The Labute approximate surface area is 128 Å². The fourth-order valence-corrected chi connectivity index (χ4v) is 3.62. The lowest BCUT2D eigenvalue weighted by atomic mass is 10.1. The Bertz CT molecular complexity index is 544. The SMILES string of the molecule is CCNC(c1ccc(OC(F)F)cc1)c1sccc1Br. The lowest BCUT2D eigenvalue weighted by Crippen LogP contribution is -2.21. The molecule has 1 N–H and O–H groups in total. The molecule has 0 bridgehead atoms. The summed E-state index contributed by atoms with van der Waals surface area (Å²) >= 11 is 5.17. The molecule has 20 heavy (non-hydrogen) atoms. The molecule has 0 saturated carbocycles. The van der Waals surface area contributed by atoms with E-state index >= 15 is 0 Å². The standard InChI is InChI=1S/C14H14BrF2NOS/c1-2-18-12(13-11(15)7-8-20-13)9-3-5-10(6-4-9)19-14(16)17/h3-8,12,14,18H,2H2,1H3. The van der Waals surface area contributed by atoms with Gasteiger partial charge in [0.15, 0.2) is 0 Å². The maximum Gasteiger partial charge on any atom is 0.387 e. The van der Waals surface area contributed by atoms with Crippen LogP contribution >= 0.6 is 27.3 Å². The fourth-order valence-electron chi connectivity index (χ4n) is 1.92. The van der Waals surface area contributed by atoms with Crippen molar-refractivity contribution >= 4 is 27.3 Å². The zero-order chi connectivity index (χ0) is 14.5. The van der Waals surface area contributed by atoms with Gasteiger partial charge in [0.2, 0.25) is 0 Å². The normalized spacial score (nSPS) is 12.7. The van der Waals surface area contributed by atoms with E-state index in [-0.39, 0.29) is 11.8 Å². The van der Waals surface area contributed by atoms with Crippen molar-refractivity contribution in [1.29, 1.82) is 0 Å². The quantitative estimate of drug-likeness (QED) is 0.796. The van der Waals surface area contributed by atoms with Crippen molar-refractivity contribution in [3.8, 4) is 5.75 Å². The minimum absolute atomic E-state index is 0.0370. The van der Waals surface area contributed by atoms with Gasteiger partial charge in [0, 0.05) is 9.35 Å². The first-order valence-corrected chi connectivity index (χ1v) is 7.80. The van der Waals surface area contributed by atoms with E-state index in [0.29, 0.717) is 0 Å². The van der Waals surface area contributed by atoms with Crippen molar-refractivity contribution in [2.45, 2.75) is 19.6 Å². The van der Waals surface area contributed by atoms with Gasteiger partial charge in [-0.1, -0.05) is 19.1 Å². The zero-order valence-electron chi connectivity index (χ0n) is 10.8. The number of hydrogen-bond donors (Lipinski definition) is 1. The Hall–Kier alpha value is -0.980. The molecule has 1 aromatic heterocycles. The van der Waals surface area contributed by atoms with Gasteiger partial charge in [0.05, 0.1) is 6.04 Å². The molecule has 0 amide bonds. The van der Waals surface area contributed by atoms with Gasteiger partial charge in [0.1, 0.15) is 5.75 Å². The van der Waals surface area contributed by atoms with Crippen LogP contribution in [0.5, 0.6) is 5.75 Å². The van der Waals surface area contributed by atoms with Crippen molar-refractivity contribution in [2.24, 2.45) is 0 Å². The van der Waals surface area contributed by atoms with Crippen LogP contribution in [0.3, 0.4) is 0 Å². The summed E-state index contributed by atoms with van der Waals surface area (Å²) in [5, 5.41) is 5.41. The van der Waals surface area contributed by atoms with E-state index in [9.17, 15) is 8.78 Å². The second kappa shape index (κ2) is 7.15. The van der Waals surface area contributed by atoms with Gasteiger partial charge in [0.25, 0.3) is 0 Å². The minimum atomic E-state index is -2.79. The lowest BCUT2D eigenvalue weighted by molar-refractivity contribution is -0.0498. The van der Waals surface area contributed by atoms with Crippen molar-refractivity contribution < 1.29 is 13.5 Å². The van der Waals surface area contributed by atoms with Crippen LogP contribution in [0.4, 0.5) is 8.78 Å². The van der Waals surface area contributed by atoms with Gasteiger partial charge >= 0.3 is 6.61 Å². The Balaban J connectivity index is 2.24. The Morgan fingerprint density at radius 3 is 2.45 bits per heavy atom. The average Bonchev–Trinajstić information content (AvgIpc) is 2.83. The average molecular weight is 362 g/mol. The van der Waals surface area contributed by atoms with Gasteiger partial charge in [-0.05, 0) is 51.6 Å². The third-order valence-corrected chi connectivity index (χ3v) is 4.69. The van der Waals surface area contributed by atoms with Gasteiger partial charge in [-0.3, -0.25) is 0 Å². The smallest absolute Gasteiger partial charge is 0.387 e. The summed E-state index contributed by atoms with van der Waals surface area (Å²) in [6.07, 6.45) is 0. The first-order valence-electron chi connectivity index (χ1n) is 6.13. The number of ether oxygens (including phenoxy) is 1. The number of alkyl halides is 2. The monoisotopic (exact) mass is 361 g/mol. The third-order valence-electron chi connectivity index (χ3n) is 2.75. The van der Waals surface area contributed by atoms with E-state index in [1.165, 1.54) is 0 Å². The Morgan fingerprint density at radius 2 is 1.95 bits per heavy atom. The van der Waals surface area contributed by atoms with Crippen LogP contribution in [0.15, 0.2) is 40.2 Å². The molecule has 0 aliphatic heterocycles. The highest BCUT2D eigenvalue weighted by atomic mass is 79.9. The van der Waals surface area contributed by atoms with Crippen LogP contribution < -0.4 is 10.1 Å². The molecule has 1 unspecified atom stereocenters. The maximum atomic E-state index is 12.1. The van der Waals surface area contributed by atoms with Crippen LogP contribution in [0.2, 0.25) is 0 Å². The summed E-state index contributed by atoms with van der Waals surface area (Å²) < 4.78 is 29.7. The highest BCUT2D eigenvalue weighted by Crippen LogP contribution is 2.33. The van der Waals surface area contributed by atoms with E-state index < -0.39 is 6.61 Å². The number of hydrogen-bond acceptors (Lipinski definition) is 3. The molecule has 1 atom stereocenters. The third kappa shape index (κ3) is 3.77. The highest BCUT2D eigenvalue weighted by molar-refractivity contribution is 9.10. The second-order valence-corrected chi connectivity index (χ2v) is 5.87. The van der Waals surface area contributed by atoms with Crippen molar-refractivity contribution in [2.75, 3.05) is 6.54 Å². The van der Waals surface area contributed by atoms with E-state index in [2.05, 4.69) is 26.0 Å². The summed E-state index contributed by atoms with van der Waals surface area (Å²) in [5.41, 5.74) is 1.01. The van der Waals surface area contributed by atoms with Crippen LogP contribution in [0, 0.1) is 0 Å². The number of nitrogens with one attached hydrogen (secondary N) is 1. The molecular weight excluding hydrogens is 348 g/mol. The summed E-state index contributed by atoms with van der Waals surface area (Å²) in [6.45, 7) is 0.0458. The van der Waals surface area contributed by atoms with Crippen LogP contribution in [-0.2, 0) is 0 Å². The molecule has 0 aliphatic carbocycles. The lowest BCUT2D eigenvalue weighted by Gasteiger charge is -2.18. The second-order valence-electron chi connectivity index (χ2n) is 4.07. The molecular formula is C14H14BrF2NOS. The topological polar surface area (TPSA) is 21.3 Å². The number of benzene rings is 1. The molecule has 0 aliphatic rings. The highest BCUT2D eigenvalue weighted by Gasteiger charge is 2.17. The van der Waals surface area contributed by atoms with E-state index in [1.54, 1.807) is 35.6 Å². The van der Waals surface area contributed by atoms with Gasteiger partial charge < -0.3 is 10.1 Å². The van der Waals surface area contributed by atoms with E-state index in [4.69, 9.17) is 0 Å². The fraction of sp³-hybridized carbons (Fsp3) is 0.286. The van der Waals surface area contributed by atoms with E-state index in [0.717, 1.165) is 21.5 Å².